The number of hydrogen-bond acceptors (Lipinski definition) is 3. The van der Waals surface area contributed by atoms with Gasteiger partial charge in [-0.15, -0.1) is 53.6 Å². The minimum absolute atomic E-state index is 0. The number of pyridine rings is 1. The van der Waals surface area contributed by atoms with Crippen LogP contribution >= 0.6 is 0 Å². The summed E-state index contributed by atoms with van der Waals surface area (Å²) in [6.07, 6.45) is 1.79. The maximum Gasteiger partial charge on any atom is 0.120 e. The number of aryl methyl sites for hydroxylation is 1. The molecule has 0 fully saturated rings. The van der Waals surface area contributed by atoms with E-state index in [4.69, 9.17) is 13.5 Å². The molecule has 0 aliphatic heterocycles. The largest absolute Gasteiger partial charge is 0.501 e. The summed E-state index contributed by atoms with van der Waals surface area (Å²) >= 11 is 0. The first-order valence-electron chi connectivity index (χ1n) is 21.6. The van der Waals surface area contributed by atoms with Crippen molar-refractivity contribution in [3.8, 4) is 50.6 Å². The summed E-state index contributed by atoms with van der Waals surface area (Å²) in [5, 5.41) is 1.60. The maximum atomic E-state index is 8.39. The molecule has 10 aromatic rings. The molecule has 0 atom stereocenters. The van der Waals surface area contributed by atoms with E-state index < -0.39 is 6.85 Å². The molecule has 1 radical (unpaired) electrons. The summed E-state index contributed by atoms with van der Waals surface area (Å²) in [6, 6.07) is 61.5. The summed E-state index contributed by atoms with van der Waals surface area (Å²) in [6.45, 7) is 6.53. The third kappa shape index (κ3) is 7.87. The minimum atomic E-state index is -2.37. The van der Waals surface area contributed by atoms with Gasteiger partial charge in [0, 0.05) is 41.5 Å². The van der Waals surface area contributed by atoms with Crippen molar-refractivity contribution in [3.63, 3.8) is 0 Å². The molecule has 297 valence electrons. The number of furan rings is 1. The van der Waals surface area contributed by atoms with Crippen molar-refractivity contribution in [2.24, 2.45) is 0 Å². The van der Waals surface area contributed by atoms with E-state index >= 15 is 0 Å². The van der Waals surface area contributed by atoms with Gasteiger partial charge in [0.25, 0.3) is 0 Å². The number of aromatic nitrogens is 3. The fourth-order valence-electron chi connectivity index (χ4n) is 7.89. The van der Waals surface area contributed by atoms with Crippen LogP contribution in [0.25, 0.3) is 83.6 Å². The van der Waals surface area contributed by atoms with Gasteiger partial charge in [0.15, 0.2) is 0 Å². The molecule has 4 nitrogen and oxygen atoms in total. The molecule has 3 heterocycles. The van der Waals surface area contributed by atoms with Crippen LogP contribution in [0.2, 0.25) is 0 Å². The molecule has 60 heavy (non-hydrogen) atoms. The zero-order valence-electron chi connectivity index (χ0n) is 36.9. The molecule has 0 aliphatic carbocycles. The second kappa shape index (κ2) is 17.5. The average Bonchev–Trinajstić information content (AvgIpc) is 3.88. The van der Waals surface area contributed by atoms with Crippen LogP contribution in [0.15, 0.2) is 174 Å². The van der Waals surface area contributed by atoms with E-state index in [1.165, 1.54) is 22.3 Å². The van der Waals surface area contributed by atoms with Crippen LogP contribution in [-0.4, -0.2) is 14.5 Å². The molecule has 0 spiro atoms. The molecule has 10 rings (SSSR count). The third-order valence-corrected chi connectivity index (χ3v) is 10.8. The summed E-state index contributed by atoms with van der Waals surface area (Å²) in [5.41, 5.74) is 13.8. The fraction of sp³-hybridized carbons (Fsp3) is 0.127. The fourth-order valence-corrected chi connectivity index (χ4v) is 7.89. The molecule has 0 N–H and O–H groups in total. The van der Waals surface area contributed by atoms with E-state index in [1.54, 1.807) is 12.3 Å². The van der Waals surface area contributed by atoms with Gasteiger partial charge >= 0.3 is 0 Å². The molecule has 3 aromatic heterocycles. The van der Waals surface area contributed by atoms with Crippen molar-refractivity contribution in [1.82, 2.24) is 14.5 Å². The van der Waals surface area contributed by atoms with Gasteiger partial charge in [-0.1, -0.05) is 143 Å². The van der Waals surface area contributed by atoms with Crippen LogP contribution < -0.4 is 0 Å². The second-order valence-electron chi connectivity index (χ2n) is 15.4. The Bertz CT molecular complexity index is 3090. The number of fused-ring (bicyclic) bond motifs is 4. The standard InChI is InChI=1S/C44H37N2O.C11H8N.Ir/c1-27(2)35-25-33(32-21-19-31(20-22-32)30-13-7-6-8-14-30)26-36(28(3)4)42(35)46-40-17-11-10-16-39(40)45-44(46)38-24-29(5)23-37-34-15-9-12-18-41(34)47-43(37)38;1-2-6-10(7-3-1)11-8-4-5-9-12-11;/h6-23,25-28H,1-5H3;1-6,8-9H;/q2*-1;/i5D3;;. The molecule has 0 unspecified atom stereocenters. The van der Waals surface area contributed by atoms with E-state index in [2.05, 4.69) is 116 Å². The number of hydrogen-bond donors (Lipinski definition) is 0. The van der Waals surface area contributed by atoms with Gasteiger partial charge in [-0.05, 0) is 87.3 Å². The van der Waals surface area contributed by atoms with Crippen LogP contribution in [0, 0.1) is 19.0 Å². The van der Waals surface area contributed by atoms with Crippen LogP contribution in [-0.2, 0) is 20.1 Å². The summed E-state index contributed by atoms with van der Waals surface area (Å²) in [7, 11) is 0. The van der Waals surface area contributed by atoms with E-state index in [0.29, 0.717) is 22.6 Å². The van der Waals surface area contributed by atoms with Crippen molar-refractivity contribution >= 4 is 33.0 Å². The second-order valence-corrected chi connectivity index (χ2v) is 15.4. The number of para-hydroxylation sites is 3. The topological polar surface area (TPSA) is 43.9 Å². The molecular formula is C55H45IrN3O-2. The Hall–Kier alpha value is -6.39. The Labute approximate surface area is 370 Å². The Morgan fingerprint density at radius 3 is 1.97 bits per heavy atom. The van der Waals surface area contributed by atoms with Crippen molar-refractivity contribution in [2.45, 2.75) is 46.4 Å². The van der Waals surface area contributed by atoms with Gasteiger partial charge in [-0.2, -0.15) is 0 Å². The summed E-state index contributed by atoms with van der Waals surface area (Å²) in [5.74, 6) is 0.943. The van der Waals surface area contributed by atoms with Crippen LogP contribution in [0.4, 0.5) is 0 Å². The van der Waals surface area contributed by atoms with Crippen molar-refractivity contribution in [1.29, 1.82) is 0 Å². The Morgan fingerprint density at radius 1 is 0.633 bits per heavy atom. The predicted octanol–water partition coefficient (Wildman–Crippen LogP) is 14.8. The molecule has 0 saturated carbocycles. The molecular weight excluding hydrogens is 911 g/mol. The van der Waals surface area contributed by atoms with E-state index in [1.807, 2.05) is 91.0 Å². The maximum absolute atomic E-state index is 8.39. The Kier molecular flexibility index (Phi) is 10.7. The third-order valence-electron chi connectivity index (χ3n) is 10.8. The van der Waals surface area contributed by atoms with Crippen molar-refractivity contribution in [2.75, 3.05) is 0 Å². The smallest absolute Gasteiger partial charge is 0.120 e. The molecule has 7 aromatic carbocycles. The van der Waals surface area contributed by atoms with Gasteiger partial charge in [0.2, 0.25) is 0 Å². The Balaban J connectivity index is 0.000000361. The SMILES string of the molecule is [2H]C([2H])([2H])c1[c-]c(-c2nc3ccccc3n2-c2c(C(C)C)cc(-c3ccc(-c4ccccc4)cc3)cc2C(C)C)c2oc3ccccc3c2c1.[Ir].[c-]1ccccc1-c1ccccn1. The molecule has 0 bridgehead atoms. The zero-order valence-corrected chi connectivity index (χ0v) is 36.3. The van der Waals surface area contributed by atoms with E-state index in [9.17, 15) is 0 Å². The number of imidazole rings is 1. The quantitative estimate of drug-likeness (QED) is 0.150. The first kappa shape index (κ1) is 36.7. The van der Waals surface area contributed by atoms with Crippen LogP contribution in [0.3, 0.4) is 0 Å². The van der Waals surface area contributed by atoms with E-state index in [-0.39, 0.29) is 37.5 Å². The van der Waals surface area contributed by atoms with Gasteiger partial charge in [-0.25, -0.2) is 0 Å². The molecule has 0 amide bonds. The number of nitrogens with zero attached hydrogens (tertiary/aromatic N) is 3. The van der Waals surface area contributed by atoms with Crippen LogP contribution in [0.1, 0.15) is 60.3 Å². The van der Waals surface area contributed by atoms with Gasteiger partial charge in [0.1, 0.15) is 5.58 Å². The number of rotatable bonds is 7. The van der Waals surface area contributed by atoms with Crippen molar-refractivity contribution < 1.29 is 28.6 Å². The summed E-state index contributed by atoms with van der Waals surface area (Å²) < 4.78 is 33.9. The zero-order chi connectivity index (χ0) is 43.0. The van der Waals surface area contributed by atoms with Gasteiger partial charge < -0.3 is 14.0 Å². The van der Waals surface area contributed by atoms with Crippen LogP contribution in [0.5, 0.6) is 0 Å². The van der Waals surface area contributed by atoms with Gasteiger partial charge in [0.05, 0.1) is 22.4 Å². The minimum Gasteiger partial charge on any atom is -0.501 e. The molecule has 0 aliphatic rings. The number of benzene rings is 7. The van der Waals surface area contributed by atoms with Gasteiger partial charge in [-0.3, -0.25) is 4.98 Å². The normalized spacial score (nSPS) is 12.2. The Morgan fingerprint density at radius 2 is 1.28 bits per heavy atom. The first-order chi connectivity index (χ1) is 30.0. The van der Waals surface area contributed by atoms with E-state index in [0.717, 1.165) is 49.9 Å². The monoisotopic (exact) mass is 959 g/mol. The average molecular weight is 959 g/mol. The molecule has 0 saturated heterocycles. The molecule has 5 heteroatoms. The van der Waals surface area contributed by atoms with Crippen molar-refractivity contribution in [3.05, 3.63) is 199 Å². The first-order valence-corrected chi connectivity index (χ1v) is 20.1. The predicted molar refractivity (Wildman–Crippen MR) is 245 cm³/mol. The summed E-state index contributed by atoms with van der Waals surface area (Å²) in [4.78, 5) is 9.43.